The fourth-order valence-corrected chi connectivity index (χ4v) is 1.82. The molecule has 0 radical (unpaired) electrons. The average Bonchev–Trinajstić information content (AvgIpc) is 3.23. The van der Waals surface area contributed by atoms with Crippen LogP contribution in [0.25, 0.3) is 6.08 Å². The Labute approximate surface area is 119 Å². The minimum atomic E-state index is -0.0423. The Morgan fingerprint density at radius 1 is 1.25 bits per heavy atom. The highest BCUT2D eigenvalue weighted by Crippen LogP contribution is 2.29. The van der Waals surface area contributed by atoms with E-state index in [9.17, 15) is 4.79 Å². The summed E-state index contributed by atoms with van der Waals surface area (Å²) in [5, 5.41) is 2.91. The summed E-state index contributed by atoms with van der Waals surface area (Å²) in [5.41, 5.74) is 0.919. The van der Waals surface area contributed by atoms with Crippen molar-refractivity contribution in [2.75, 3.05) is 13.2 Å². The summed E-state index contributed by atoms with van der Waals surface area (Å²) in [6, 6.07) is 6.04. The Morgan fingerprint density at radius 3 is 2.60 bits per heavy atom. The van der Waals surface area contributed by atoms with Gasteiger partial charge in [-0.2, -0.15) is 0 Å². The van der Waals surface area contributed by atoms with Gasteiger partial charge >= 0.3 is 0 Å². The number of ether oxygens (including phenoxy) is 2. The summed E-state index contributed by atoms with van der Waals surface area (Å²) in [4.78, 5) is 11.6. The van der Waals surface area contributed by atoms with Crippen LogP contribution in [-0.4, -0.2) is 25.2 Å². The number of carbonyl (C=O) groups excluding carboxylic acids is 1. The summed E-state index contributed by atoms with van der Waals surface area (Å²) < 4.78 is 11.1. The molecule has 1 aliphatic carbocycles. The van der Waals surface area contributed by atoms with E-state index in [1.54, 1.807) is 12.2 Å². The van der Waals surface area contributed by atoms with Crippen LogP contribution in [-0.2, 0) is 4.79 Å². The Balaban J connectivity index is 2.04. The van der Waals surface area contributed by atoms with Crippen molar-refractivity contribution in [3.05, 3.63) is 29.8 Å². The van der Waals surface area contributed by atoms with Crippen LogP contribution >= 0.6 is 0 Å². The molecule has 1 aromatic rings. The van der Waals surface area contributed by atoms with E-state index < -0.39 is 0 Å². The van der Waals surface area contributed by atoms with Crippen LogP contribution in [0.3, 0.4) is 0 Å². The number of benzene rings is 1. The van der Waals surface area contributed by atoms with Gasteiger partial charge in [0, 0.05) is 12.1 Å². The second-order valence-electron chi connectivity index (χ2n) is 4.69. The van der Waals surface area contributed by atoms with Crippen molar-refractivity contribution >= 4 is 12.0 Å². The van der Waals surface area contributed by atoms with Crippen LogP contribution in [0.15, 0.2) is 24.3 Å². The smallest absolute Gasteiger partial charge is 0.244 e. The van der Waals surface area contributed by atoms with Gasteiger partial charge in [-0.15, -0.1) is 0 Å². The largest absolute Gasteiger partial charge is 0.490 e. The summed E-state index contributed by atoms with van der Waals surface area (Å²) in [7, 11) is 0. The summed E-state index contributed by atoms with van der Waals surface area (Å²) in [6.45, 7) is 5.04. The molecule has 0 aromatic heterocycles. The minimum absolute atomic E-state index is 0.0423. The van der Waals surface area contributed by atoms with Gasteiger partial charge < -0.3 is 14.8 Å². The van der Waals surface area contributed by atoms with E-state index in [0.717, 1.165) is 24.2 Å². The van der Waals surface area contributed by atoms with Gasteiger partial charge in [0.25, 0.3) is 0 Å². The molecule has 0 spiro atoms. The Morgan fingerprint density at radius 2 is 1.95 bits per heavy atom. The van der Waals surface area contributed by atoms with Crippen LogP contribution < -0.4 is 14.8 Å². The molecule has 1 saturated carbocycles. The van der Waals surface area contributed by atoms with E-state index in [1.165, 1.54) is 0 Å². The Kier molecular flexibility index (Phi) is 5.04. The van der Waals surface area contributed by atoms with Gasteiger partial charge in [0.05, 0.1) is 13.2 Å². The van der Waals surface area contributed by atoms with E-state index >= 15 is 0 Å². The zero-order chi connectivity index (χ0) is 14.4. The number of carbonyl (C=O) groups is 1. The van der Waals surface area contributed by atoms with Gasteiger partial charge in [0.2, 0.25) is 5.91 Å². The molecule has 1 N–H and O–H groups in total. The highest BCUT2D eigenvalue weighted by molar-refractivity contribution is 5.92. The second kappa shape index (κ2) is 6.98. The zero-order valence-electron chi connectivity index (χ0n) is 12.0. The SMILES string of the molecule is CCOc1ccc(/C=C/C(=O)NC2CC2)cc1OCC. The van der Waals surface area contributed by atoms with Crippen LogP contribution in [0.1, 0.15) is 32.3 Å². The lowest BCUT2D eigenvalue weighted by atomic mass is 10.2. The number of rotatable bonds is 7. The molecule has 0 saturated heterocycles. The monoisotopic (exact) mass is 275 g/mol. The van der Waals surface area contributed by atoms with Gasteiger partial charge in [-0.1, -0.05) is 6.07 Å². The number of amides is 1. The molecule has 1 amide bonds. The highest BCUT2D eigenvalue weighted by Gasteiger charge is 2.21. The van der Waals surface area contributed by atoms with Crippen molar-refractivity contribution in [2.45, 2.75) is 32.7 Å². The van der Waals surface area contributed by atoms with E-state index in [-0.39, 0.29) is 5.91 Å². The second-order valence-corrected chi connectivity index (χ2v) is 4.69. The van der Waals surface area contributed by atoms with Gasteiger partial charge in [0.15, 0.2) is 11.5 Å². The minimum Gasteiger partial charge on any atom is -0.490 e. The third-order valence-electron chi connectivity index (χ3n) is 2.92. The third kappa shape index (κ3) is 4.30. The van der Waals surface area contributed by atoms with Crippen molar-refractivity contribution in [1.29, 1.82) is 0 Å². The van der Waals surface area contributed by atoms with Crippen LogP contribution in [0.5, 0.6) is 11.5 Å². The molecule has 1 fully saturated rings. The molecular weight excluding hydrogens is 254 g/mol. The molecule has 1 aromatic carbocycles. The maximum absolute atomic E-state index is 11.6. The van der Waals surface area contributed by atoms with Crippen LogP contribution in [0.4, 0.5) is 0 Å². The van der Waals surface area contributed by atoms with E-state index in [4.69, 9.17) is 9.47 Å². The Hall–Kier alpha value is -1.97. The summed E-state index contributed by atoms with van der Waals surface area (Å²) in [6.07, 6.45) is 5.54. The number of hydrogen-bond donors (Lipinski definition) is 1. The first-order valence-corrected chi connectivity index (χ1v) is 7.11. The molecule has 20 heavy (non-hydrogen) atoms. The van der Waals surface area contributed by atoms with E-state index in [1.807, 2.05) is 32.0 Å². The van der Waals surface area contributed by atoms with Crippen molar-refractivity contribution in [2.24, 2.45) is 0 Å². The van der Waals surface area contributed by atoms with Crippen molar-refractivity contribution in [3.8, 4) is 11.5 Å². The number of nitrogens with one attached hydrogen (secondary N) is 1. The maximum Gasteiger partial charge on any atom is 0.244 e. The predicted molar refractivity (Wildman–Crippen MR) is 79.0 cm³/mol. The van der Waals surface area contributed by atoms with E-state index in [0.29, 0.717) is 25.0 Å². The molecule has 0 bridgehead atoms. The quantitative estimate of drug-likeness (QED) is 0.778. The first-order chi connectivity index (χ1) is 9.72. The molecule has 4 nitrogen and oxygen atoms in total. The zero-order valence-corrected chi connectivity index (χ0v) is 12.0. The van der Waals surface area contributed by atoms with Gasteiger partial charge in [-0.25, -0.2) is 0 Å². The van der Waals surface area contributed by atoms with Gasteiger partial charge in [-0.3, -0.25) is 4.79 Å². The lowest BCUT2D eigenvalue weighted by molar-refractivity contribution is -0.116. The van der Waals surface area contributed by atoms with Gasteiger partial charge in [0.1, 0.15) is 0 Å². The van der Waals surface area contributed by atoms with Crippen molar-refractivity contribution < 1.29 is 14.3 Å². The fraction of sp³-hybridized carbons (Fsp3) is 0.438. The van der Waals surface area contributed by atoms with Crippen molar-refractivity contribution in [3.63, 3.8) is 0 Å². The molecule has 108 valence electrons. The molecule has 0 atom stereocenters. The standard InChI is InChI=1S/C16H21NO3/c1-3-19-14-9-5-12(11-15(14)20-4-2)6-10-16(18)17-13-7-8-13/h5-6,9-11,13H,3-4,7-8H2,1-2H3,(H,17,18)/b10-6+. The molecule has 2 rings (SSSR count). The average molecular weight is 275 g/mol. The molecule has 0 unspecified atom stereocenters. The molecule has 4 heteroatoms. The Bertz CT molecular complexity index is 492. The topological polar surface area (TPSA) is 47.6 Å². The first kappa shape index (κ1) is 14.4. The lowest BCUT2D eigenvalue weighted by Crippen LogP contribution is -2.22. The lowest BCUT2D eigenvalue weighted by Gasteiger charge is -2.11. The molecule has 0 heterocycles. The van der Waals surface area contributed by atoms with Gasteiger partial charge in [-0.05, 0) is 50.5 Å². The first-order valence-electron chi connectivity index (χ1n) is 7.11. The molecular formula is C16H21NO3. The molecule has 0 aliphatic heterocycles. The number of hydrogen-bond acceptors (Lipinski definition) is 3. The predicted octanol–water partition coefficient (Wildman–Crippen LogP) is 2.78. The van der Waals surface area contributed by atoms with Crippen LogP contribution in [0.2, 0.25) is 0 Å². The van der Waals surface area contributed by atoms with Crippen molar-refractivity contribution in [1.82, 2.24) is 5.32 Å². The normalized spacial score (nSPS) is 14.3. The van der Waals surface area contributed by atoms with Crippen LogP contribution in [0, 0.1) is 0 Å². The third-order valence-corrected chi connectivity index (χ3v) is 2.92. The highest BCUT2D eigenvalue weighted by atomic mass is 16.5. The molecule has 1 aliphatic rings. The maximum atomic E-state index is 11.6. The fourth-order valence-electron chi connectivity index (χ4n) is 1.82. The summed E-state index contributed by atoms with van der Waals surface area (Å²) >= 11 is 0. The summed E-state index contributed by atoms with van der Waals surface area (Å²) in [5.74, 6) is 1.40. The van der Waals surface area contributed by atoms with E-state index in [2.05, 4.69) is 5.32 Å².